The van der Waals surface area contributed by atoms with Crippen LogP contribution in [0.4, 0.5) is 5.69 Å². The van der Waals surface area contributed by atoms with Gasteiger partial charge in [-0.05, 0) is 29.3 Å². The molecule has 0 amide bonds. The summed E-state index contributed by atoms with van der Waals surface area (Å²) in [4.78, 5) is 4.04. The molecule has 0 saturated heterocycles. The minimum Gasteiger partial charge on any atom is -0.398 e. The average Bonchev–Trinajstić information content (AvgIpc) is 2.27. The van der Waals surface area contributed by atoms with Crippen molar-refractivity contribution in [3.63, 3.8) is 0 Å². The summed E-state index contributed by atoms with van der Waals surface area (Å²) in [5.41, 5.74) is 8.63. The predicted octanol–water partition coefficient (Wildman–Crippen LogP) is 3.56. The van der Waals surface area contributed by atoms with Gasteiger partial charge in [0.25, 0.3) is 0 Å². The maximum atomic E-state index is 5.94. The molecule has 0 bridgehead atoms. The van der Waals surface area contributed by atoms with E-state index in [4.69, 9.17) is 28.9 Å². The summed E-state index contributed by atoms with van der Waals surface area (Å²) in [5, 5.41) is 1.12. The van der Waals surface area contributed by atoms with E-state index in [1.165, 1.54) is 0 Å². The first-order chi connectivity index (χ1) is 7.66. The number of hydrogen-bond donors (Lipinski definition) is 1. The summed E-state index contributed by atoms with van der Waals surface area (Å²) >= 11 is 11.8. The molecule has 2 aromatic rings. The second kappa shape index (κ2) is 4.73. The fourth-order valence-electron chi connectivity index (χ4n) is 1.46. The second-order valence-corrected chi connectivity index (χ2v) is 4.31. The molecular weight excluding hydrogens is 243 g/mol. The average molecular weight is 253 g/mol. The van der Waals surface area contributed by atoms with Gasteiger partial charge in [-0.25, -0.2) is 0 Å². The van der Waals surface area contributed by atoms with E-state index in [1.54, 1.807) is 24.5 Å². The minimum absolute atomic E-state index is 0.557. The third-order valence-corrected chi connectivity index (χ3v) is 3.06. The highest BCUT2D eigenvalue weighted by atomic mass is 35.5. The van der Waals surface area contributed by atoms with Crippen molar-refractivity contribution in [3.05, 3.63) is 57.8 Å². The van der Waals surface area contributed by atoms with E-state index in [9.17, 15) is 0 Å². The molecule has 2 rings (SSSR count). The van der Waals surface area contributed by atoms with Gasteiger partial charge in [-0.1, -0.05) is 29.3 Å². The van der Waals surface area contributed by atoms with E-state index < -0.39 is 0 Å². The van der Waals surface area contributed by atoms with Crippen LogP contribution in [0.15, 0.2) is 36.7 Å². The molecule has 0 aliphatic carbocycles. The van der Waals surface area contributed by atoms with Crippen molar-refractivity contribution in [1.29, 1.82) is 0 Å². The summed E-state index contributed by atoms with van der Waals surface area (Å²) in [6, 6.07) is 7.34. The molecule has 0 radical (unpaired) electrons. The third kappa shape index (κ3) is 2.46. The summed E-state index contributed by atoms with van der Waals surface area (Å²) in [5.74, 6) is 0. The van der Waals surface area contributed by atoms with Crippen LogP contribution in [-0.4, -0.2) is 4.98 Å². The number of benzene rings is 1. The number of rotatable bonds is 2. The van der Waals surface area contributed by atoms with Crippen LogP contribution in [0.25, 0.3) is 0 Å². The first-order valence-corrected chi connectivity index (χ1v) is 5.54. The highest BCUT2D eigenvalue weighted by Crippen LogP contribution is 2.24. The lowest BCUT2D eigenvalue weighted by Crippen LogP contribution is -1.96. The highest BCUT2D eigenvalue weighted by molar-refractivity contribution is 6.42. The van der Waals surface area contributed by atoms with Crippen LogP contribution >= 0.6 is 23.2 Å². The Hall–Kier alpha value is -1.25. The van der Waals surface area contributed by atoms with E-state index in [1.807, 2.05) is 12.1 Å². The van der Waals surface area contributed by atoms with Gasteiger partial charge in [-0.3, -0.25) is 4.98 Å². The summed E-state index contributed by atoms with van der Waals surface area (Å²) in [6.45, 7) is 0. The maximum Gasteiger partial charge on any atom is 0.0595 e. The van der Waals surface area contributed by atoms with E-state index in [0.29, 0.717) is 16.5 Å². The van der Waals surface area contributed by atoms with Crippen LogP contribution in [0.3, 0.4) is 0 Å². The number of nitrogen functional groups attached to an aromatic ring is 1. The van der Waals surface area contributed by atoms with Gasteiger partial charge >= 0.3 is 0 Å². The lowest BCUT2D eigenvalue weighted by atomic mass is 10.1. The van der Waals surface area contributed by atoms with Gasteiger partial charge in [0.1, 0.15) is 0 Å². The van der Waals surface area contributed by atoms with Crippen molar-refractivity contribution in [2.24, 2.45) is 0 Å². The van der Waals surface area contributed by atoms with Gasteiger partial charge in [0.15, 0.2) is 0 Å². The van der Waals surface area contributed by atoms with Crippen LogP contribution in [-0.2, 0) is 6.42 Å². The van der Waals surface area contributed by atoms with Crippen molar-refractivity contribution in [1.82, 2.24) is 4.98 Å². The molecule has 1 aromatic heterocycles. The molecule has 2 nitrogen and oxygen atoms in total. The molecule has 0 atom stereocenters. The molecular formula is C12H10Cl2N2. The predicted molar refractivity (Wildman–Crippen MR) is 67.9 cm³/mol. The van der Waals surface area contributed by atoms with E-state index in [-0.39, 0.29) is 0 Å². The fraction of sp³-hybridized carbons (Fsp3) is 0.0833. The van der Waals surface area contributed by atoms with Crippen molar-refractivity contribution >= 4 is 28.9 Å². The van der Waals surface area contributed by atoms with Crippen molar-refractivity contribution in [2.45, 2.75) is 6.42 Å². The third-order valence-electron chi connectivity index (χ3n) is 2.32. The van der Waals surface area contributed by atoms with Crippen molar-refractivity contribution < 1.29 is 0 Å². The van der Waals surface area contributed by atoms with Gasteiger partial charge in [0.05, 0.1) is 10.0 Å². The Morgan fingerprint density at radius 1 is 1.12 bits per heavy atom. The zero-order valence-corrected chi connectivity index (χ0v) is 9.96. The Balaban J connectivity index is 2.28. The number of nitrogens with zero attached hydrogens (tertiary/aromatic N) is 1. The smallest absolute Gasteiger partial charge is 0.0595 e. The molecule has 1 aromatic carbocycles. The van der Waals surface area contributed by atoms with Crippen LogP contribution in [0.2, 0.25) is 10.0 Å². The molecule has 4 heteroatoms. The first kappa shape index (κ1) is 11.2. The molecule has 0 aliphatic rings. The van der Waals surface area contributed by atoms with E-state index in [2.05, 4.69) is 4.98 Å². The Labute approximate surface area is 104 Å². The molecule has 2 N–H and O–H groups in total. The van der Waals surface area contributed by atoms with E-state index >= 15 is 0 Å². The molecule has 0 unspecified atom stereocenters. The first-order valence-electron chi connectivity index (χ1n) is 4.79. The summed E-state index contributed by atoms with van der Waals surface area (Å²) in [7, 11) is 0. The van der Waals surface area contributed by atoms with E-state index in [0.717, 1.165) is 16.8 Å². The SMILES string of the molecule is Nc1ccncc1Cc1ccc(Cl)c(Cl)c1. The Kier molecular flexibility index (Phi) is 3.32. The van der Waals surface area contributed by atoms with Gasteiger partial charge < -0.3 is 5.73 Å². The van der Waals surface area contributed by atoms with Crippen LogP contribution in [0.5, 0.6) is 0 Å². The number of hydrogen-bond acceptors (Lipinski definition) is 2. The Morgan fingerprint density at radius 3 is 2.62 bits per heavy atom. The zero-order chi connectivity index (χ0) is 11.5. The van der Waals surface area contributed by atoms with Crippen LogP contribution in [0.1, 0.15) is 11.1 Å². The number of aromatic nitrogens is 1. The van der Waals surface area contributed by atoms with Crippen molar-refractivity contribution in [2.75, 3.05) is 5.73 Å². The lowest BCUT2D eigenvalue weighted by molar-refractivity contribution is 1.15. The summed E-state index contributed by atoms with van der Waals surface area (Å²) < 4.78 is 0. The number of halogens is 2. The molecule has 82 valence electrons. The Bertz CT molecular complexity index is 512. The molecule has 16 heavy (non-hydrogen) atoms. The van der Waals surface area contributed by atoms with Gasteiger partial charge in [0.2, 0.25) is 0 Å². The van der Waals surface area contributed by atoms with Gasteiger partial charge in [0, 0.05) is 24.5 Å². The molecule has 0 aliphatic heterocycles. The number of anilines is 1. The van der Waals surface area contributed by atoms with Crippen LogP contribution in [0, 0.1) is 0 Å². The van der Waals surface area contributed by atoms with Crippen molar-refractivity contribution in [3.8, 4) is 0 Å². The molecule has 1 heterocycles. The zero-order valence-electron chi connectivity index (χ0n) is 8.45. The quantitative estimate of drug-likeness (QED) is 0.888. The molecule has 0 fully saturated rings. The van der Waals surface area contributed by atoms with Gasteiger partial charge in [-0.15, -0.1) is 0 Å². The standard InChI is InChI=1S/C12H10Cl2N2/c13-10-2-1-8(6-11(10)14)5-9-7-16-4-3-12(9)15/h1-4,6-7H,5H2,(H2,15,16). The summed E-state index contributed by atoms with van der Waals surface area (Å²) in [6.07, 6.45) is 4.14. The Morgan fingerprint density at radius 2 is 1.94 bits per heavy atom. The largest absolute Gasteiger partial charge is 0.398 e. The fourth-order valence-corrected chi connectivity index (χ4v) is 1.78. The minimum atomic E-state index is 0.557. The normalized spacial score (nSPS) is 10.4. The maximum absolute atomic E-state index is 5.94. The number of nitrogens with two attached hydrogens (primary N) is 1. The lowest BCUT2D eigenvalue weighted by Gasteiger charge is -2.05. The monoisotopic (exact) mass is 252 g/mol. The molecule has 0 saturated carbocycles. The van der Waals surface area contributed by atoms with Gasteiger partial charge in [-0.2, -0.15) is 0 Å². The molecule has 0 spiro atoms. The number of pyridine rings is 1. The topological polar surface area (TPSA) is 38.9 Å². The highest BCUT2D eigenvalue weighted by Gasteiger charge is 2.03. The second-order valence-electron chi connectivity index (χ2n) is 3.50. The van der Waals surface area contributed by atoms with Crippen LogP contribution < -0.4 is 5.73 Å².